The highest BCUT2D eigenvalue weighted by Crippen LogP contribution is 2.49. The maximum absolute atomic E-state index is 14.3. The molecule has 6 heteroatoms. The lowest BCUT2D eigenvalue weighted by Gasteiger charge is -2.13. The zero-order chi connectivity index (χ0) is 16.8. The van der Waals surface area contributed by atoms with Crippen LogP contribution >= 0.6 is 0 Å². The quantitative estimate of drug-likeness (QED) is 0.836. The Morgan fingerprint density at radius 2 is 1.70 bits per heavy atom. The van der Waals surface area contributed by atoms with Crippen molar-refractivity contribution < 1.29 is 27.5 Å². The van der Waals surface area contributed by atoms with E-state index >= 15 is 0 Å². The van der Waals surface area contributed by atoms with Crippen LogP contribution in [-0.2, 0) is 16.4 Å². The molecule has 1 aliphatic carbocycles. The fourth-order valence-corrected chi connectivity index (χ4v) is 2.68. The number of halogens is 4. The van der Waals surface area contributed by atoms with Gasteiger partial charge >= 0.3 is 12.1 Å². The van der Waals surface area contributed by atoms with Crippen LogP contribution < -0.4 is 0 Å². The van der Waals surface area contributed by atoms with Gasteiger partial charge < -0.3 is 5.11 Å². The van der Waals surface area contributed by atoms with E-state index in [1.807, 2.05) is 0 Å². The third kappa shape index (κ3) is 2.69. The van der Waals surface area contributed by atoms with E-state index in [4.69, 9.17) is 0 Å². The second kappa shape index (κ2) is 5.08. The highest BCUT2D eigenvalue weighted by atomic mass is 19.4. The van der Waals surface area contributed by atoms with Crippen LogP contribution in [0.4, 0.5) is 17.6 Å². The third-order valence-electron chi connectivity index (χ3n) is 4.17. The number of carboxylic acid groups (broad SMARTS) is 1. The number of aliphatic carboxylic acids is 1. The Balaban J connectivity index is 2.00. The van der Waals surface area contributed by atoms with Gasteiger partial charge in [-0.1, -0.05) is 24.3 Å². The summed E-state index contributed by atoms with van der Waals surface area (Å²) in [5.74, 6) is -1.79. The summed E-state index contributed by atoms with van der Waals surface area (Å²) in [6, 6.07) is 8.49. The zero-order valence-electron chi connectivity index (χ0n) is 11.8. The van der Waals surface area contributed by atoms with Gasteiger partial charge in [0.2, 0.25) is 0 Å². The highest BCUT2D eigenvalue weighted by Gasteiger charge is 2.53. The predicted molar refractivity (Wildman–Crippen MR) is 75.4 cm³/mol. The lowest BCUT2D eigenvalue weighted by atomic mass is 9.93. The molecule has 0 radical (unpaired) electrons. The molecule has 0 aliphatic heterocycles. The van der Waals surface area contributed by atoms with E-state index in [0.717, 1.165) is 18.2 Å². The van der Waals surface area contributed by atoms with Gasteiger partial charge in [-0.25, -0.2) is 4.39 Å². The second-order valence-electron chi connectivity index (χ2n) is 5.66. The Bertz CT molecular complexity index is 776. The number of benzene rings is 2. The number of carbonyl (C=O) groups is 1. The van der Waals surface area contributed by atoms with Gasteiger partial charge in [-0.15, -0.1) is 0 Å². The van der Waals surface area contributed by atoms with E-state index in [-0.39, 0.29) is 16.7 Å². The summed E-state index contributed by atoms with van der Waals surface area (Å²) in [6.45, 7) is 0. The van der Waals surface area contributed by atoms with E-state index in [0.29, 0.717) is 12.8 Å². The van der Waals surface area contributed by atoms with Crippen molar-refractivity contribution in [3.8, 4) is 11.1 Å². The van der Waals surface area contributed by atoms with Gasteiger partial charge in [-0.2, -0.15) is 13.2 Å². The van der Waals surface area contributed by atoms with Gasteiger partial charge in [0.25, 0.3) is 0 Å². The molecule has 120 valence electrons. The normalized spacial score (nSPS) is 16.2. The average molecular weight is 324 g/mol. The molecule has 23 heavy (non-hydrogen) atoms. The molecule has 0 spiro atoms. The Labute approximate surface area is 129 Å². The summed E-state index contributed by atoms with van der Waals surface area (Å²) >= 11 is 0. The lowest BCUT2D eigenvalue weighted by Crippen LogP contribution is -2.20. The van der Waals surface area contributed by atoms with Crippen LogP contribution in [0.25, 0.3) is 11.1 Å². The van der Waals surface area contributed by atoms with Crippen LogP contribution in [-0.4, -0.2) is 11.1 Å². The molecule has 1 N–H and O–H groups in total. The van der Waals surface area contributed by atoms with E-state index < -0.39 is 28.9 Å². The first-order valence-corrected chi connectivity index (χ1v) is 6.95. The Kier molecular flexibility index (Phi) is 3.43. The molecule has 1 fully saturated rings. The molecule has 0 saturated heterocycles. The molecule has 0 heterocycles. The number of alkyl halides is 3. The maximum Gasteiger partial charge on any atom is 0.416 e. The number of hydrogen-bond acceptors (Lipinski definition) is 1. The molecular formula is C17H12F4O2. The fraction of sp³-hybridized carbons (Fsp3) is 0.235. The van der Waals surface area contributed by atoms with Gasteiger partial charge in [0.05, 0.1) is 11.0 Å². The highest BCUT2D eigenvalue weighted by molar-refractivity contribution is 5.85. The summed E-state index contributed by atoms with van der Waals surface area (Å²) in [7, 11) is 0. The first kappa shape index (κ1) is 15.5. The van der Waals surface area contributed by atoms with Gasteiger partial charge in [0.15, 0.2) is 0 Å². The van der Waals surface area contributed by atoms with Crippen molar-refractivity contribution in [2.75, 3.05) is 0 Å². The van der Waals surface area contributed by atoms with Crippen molar-refractivity contribution in [1.29, 1.82) is 0 Å². The lowest BCUT2D eigenvalue weighted by molar-refractivity contribution is -0.140. The summed E-state index contributed by atoms with van der Waals surface area (Å²) in [4.78, 5) is 11.3. The van der Waals surface area contributed by atoms with Crippen molar-refractivity contribution in [3.05, 3.63) is 59.4 Å². The van der Waals surface area contributed by atoms with Crippen LogP contribution in [0, 0.1) is 5.82 Å². The average Bonchev–Trinajstić information content (AvgIpc) is 3.28. The fourth-order valence-electron chi connectivity index (χ4n) is 2.68. The molecule has 2 nitrogen and oxygen atoms in total. The van der Waals surface area contributed by atoms with E-state index in [9.17, 15) is 27.5 Å². The molecular weight excluding hydrogens is 312 g/mol. The Morgan fingerprint density at radius 3 is 2.22 bits per heavy atom. The first-order chi connectivity index (χ1) is 10.7. The maximum atomic E-state index is 14.3. The van der Waals surface area contributed by atoms with Gasteiger partial charge in [0.1, 0.15) is 5.82 Å². The monoisotopic (exact) mass is 324 g/mol. The van der Waals surface area contributed by atoms with Gasteiger partial charge in [-0.3, -0.25) is 4.79 Å². The SMILES string of the molecule is O=C(O)C1(c2ccc(-c3cccc(C(F)(F)F)c3)cc2F)CC1. The summed E-state index contributed by atoms with van der Waals surface area (Å²) in [5, 5.41) is 9.20. The molecule has 1 saturated carbocycles. The smallest absolute Gasteiger partial charge is 0.416 e. The Morgan fingerprint density at radius 1 is 1.04 bits per heavy atom. The molecule has 0 unspecified atom stereocenters. The molecule has 0 bridgehead atoms. The van der Waals surface area contributed by atoms with Crippen molar-refractivity contribution in [2.24, 2.45) is 0 Å². The van der Waals surface area contributed by atoms with Crippen molar-refractivity contribution in [2.45, 2.75) is 24.4 Å². The first-order valence-electron chi connectivity index (χ1n) is 6.95. The zero-order valence-corrected chi connectivity index (χ0v) is 11.8. The van der Waals surface area contributed by atoms with Crippen LogP contribution in [0.2, 0.25) is 0 Å². The van der Waals surface area contributed by atoms with Crippen LogP contribution in [0.3, 0.4) is 0 Å². The summed E-state index contributed by atoms with van der Waals surface area (Å²) < 4.78 is 52.5. The molecule has 0 aromatic heterocycles. The largest absolute Gasteiger partial charge is 0.481 e. The number of carboxylic acids is 1. The minimum absolute atomic E-state index is 0.0840. The van der Waals surface area contributed by atoms with Crippen LogP contribution in [0.5, 0.6) is 0 Å². The Hall–Kier alpha value is -2.37. The van der Waals surface area contributed by atoms with Crippen molar-refractivity contribution in [3.63, 3.8) is 0 Å². The van der Waals surface area contributed by atoms with E-state index in [2.05, 4.69) is 0 Å². The minimum atomic E-state index is -4.48. The van der Waals surface area contributed by atoms with Gasteiger partial charge in [0, 0.05) is 5.56 Å². The summed E-state index contributed by atoms with van der Waals surface area (Å²) in [6.07, 6.45) is -3.75. The minimum Gasteiger partial charge on any atom is -0.481 e. The molecule has 0 amide bonds. The van der Waals surface area contributed by atoms with Crippen LogP contribution in [0.1, 0.15) is 24.0 Å². The van der Waals surface area contributed by atoms with E-state index in [1.54, 1.807) is 0 Å². The van der Waals surface area contributed by atoms with Crippen LogP contribution in [0.15, 0.2) is 42.5 Å². The molecule has 2 aromatic carbocycles. The third-order valence-corrected chi connectivity index (χ3v) is 4.17. The predicted octanol–water partition coefficient (Wildman–Crippen LogP) is 4.63. The number of rotatable bonds is 3. The van der Waals surface area contributed by atoms with E-state index in [1.165, 1.54) is 24.3 Å². The molecule has 1 aliphatic rings. The van der Waals surface area contributed by atoms with Gasteiger partial charge in [-0.05, 0) is 42.2 Å². The summed E-state index contributed by atoms with van der Waals surface area (Å²) in [5.41, 5.74) is -1.41. The number of hydrogen-bond donors (Lipinski definition) is 1. The standard InChI is InChI=1S/C17H12F4O2/c18-14-9-11(4-5-13(14)16(6-7-16)15(22)23)10-2-1-3-12(8-10)17(19,20)21/h1-5,8-9H,6-7H2,(H,22,23). The molecule has 0 atom stereocenters. The molecule has 3 rings (SSSR count). The van der Waals surface area contributed by atoms with Crippen molar-refractivity contribution in [1.82, 2.24) is 0 Å². The second-order valence-corrected chi connectivity index (χ2v) is 5.66. The molecule has 2 aromatic rings. The topological polar surface area (TPSA) is 37.3 Å². The van der Waals surface area contributed by atoms with Crippen molar-refractivity contribution >= 4 is 5.97 Å².